The van der Waals surface area contributed by atoms with Crippen LogP contribution >= 0.6 is 11.6 Å². The van der Waals surface area contributed by atoms with Crippen LogP contribution in [0.5, 0.6) is 0 Å². The first-order valence-electron chi connectivity index (χ1n) is 8.31. The lowest BCUT2D eigenvalue weighted by Crippen LogP contribution is -2.44. The Balaban J connectivity index is 2.39. The minimum atomic E-state index is -0.900. The molecule has 2 rings (SSSR count). The van der Waals surface area contributed by atoms with E-state index >= 15 is 0 Å². The highest BCUT2D eigenvalue weighted by molar-refractivity contribution is 6.31. The molecule has 2 aromatic carbocycles. The molecule has 0 N–H and O–H groups in total. The van der Waals surface area contributed by atoms with Gasteiger partial charge in [-0.15, -0.1) is 0 Å². The van der Waals surface area contributed by atoms with Gasteiger partial charge in [0, 0.05) is 11.3 Å². The van der Waals surface area contributed by atoms with Gasteiger partial charge in [0.2, 0.25) is 0 Å². The Kier molecular flexibility index (Phi) is 6.75. The molecule has 1 atom stereocenters. The number of ether oxygens (including phenoxy) is 1. The fourth-order valence-electron chi connectivity index (χ4n) is 2.35. The summed E-state index contributed by atoms with van der Waals surface area (Å²) in [6.45, 7) is 5.66. The van der Waals surface area contributed by atoms with E-state index in [9.17, 15) is 14.0 Å². The predicted molar refractivity (Wildman–Crippen MR) is 99.9 cm³/mol. The minimum Gasteiger partial charge on any atom is -0.464 e. The van der Waals surface area contributed by atoms with Crippen LogP contribution in [0.25, 0.3) is 0 Å². The van der Waals surface area contributed by atoms with Crippen molar-refractivity contribution in [1.29, 1.82) is 0 Å². The van der Waals surface area contributed by atoms with Gasteiger partial charge in [-0.25, -0.2) is 9.18 Å². The Morgan fingerprint density at radius 2 is 1.77 bits per heavy atom. The van der Waals surface area contributed by atoms with Crippen LogP contribution in [0.1, 0.15) is 31.1 Å². The van der Waals surface area contributed by atoms with Crippen LogP contribution in [-0.4, -0.2) is 24.5 Å². The van der Waals surface area contributed by atoms with Crippen molar-refractivity contribution in [2.24, 2.45) is 5.92 Å². The Morgan fingerprint density at radius 1 is 1.12 bits per heavy atom. The third-order valence-corrected chi connectivity index (χ3v) is 4.00. The molecule has 4 nitrogen and oxygen atoms in total. The van der Waals surface area contributed by atoms with Gasteiger partial charge < -0.3 is 4.74 Å². The number of benzene rings is 2. The number of rotatable bonds is 6. The Hall–Kier alpha value is -2.40. The number of halogens is 2. The van der Waals surface area contributed by atoms with Crippen molar-refractivity contribution in [2.45, 2.75) is 26.8 Å². The van der Waals surface area contributed by atoms with Gasteiger partial charge in [-0.1, -0.05) is 43.6 Å². The lowest BCUT2D eigenvalue weighted by atomic mass is 10.1. The summed E-state index contributed by atoms with van der Waals surface area (Å²) in [5.74, 6) is -1.37. The van der Waals surface area contributed by atoms with Crippen LogP contribution in [0.15, 0.2) is 48.5 Å². The molecule has 0 aliphatic rings. The van der Waals surface area contributed by atoms with E-state index in [1.54, 1.807) is 37.3 Å². The van der Waals surface area contributed by atoms with Gasteiger partial charge in [0.05, 0.1) is 11.6 Å². The van der Waals surface area contributed by atoms with E-state index < -0.39 is 23.7 Å². The summed E-state index contributed by atoms with van der Waals surface area (Å²) in [5.41, 5.74) is 0.718. The van der Waals surface area contributed by atoms with Gasteiger partial charge in [-0.3, -0.25) is 9.69 Å². The molecule has 0 unspecified atom stereocenters. The second kappa shape index (κ2) is 8.81. The maximum absolute atomic E-state index is 13.5. The zero-order chi connectivity index (χ0) is 19.3. The zero-order valence-electron chi connectivity index (χ0n) is 14.9. The highest BCUT2D eigenvalue weighted by atomic mass is 35.5. The van der Waals surface area contributed by atoms with E-state index in [1.807, 2.05) is 13.8 Å². The normalized spacial score (nSPS) is 11.9. The molecule has 2 aromatic rings. The molecular formula is C20H21ClFNO3. The second-order valence-electron chi connectivity index (χ2n) is 6.34. The third-order valence-electron chi connectivity index (χ3n) is 3.71. The molecule has 0 radical (unpaired) electrons. The van der Waals surface area contributed by atoms with E-state index in [-0.39, 0.29) is 17.5 Å². The van der Waals surface area contributed by atoms with Gasteiger partial charge in [0.1, 0.15) is 11.9 Å². The average Bonchev–Trinajstić information content (AvgIpc) is 2.63. The van der Waals surface area contributed by atoms with Crippen LogP contribution in [0.3, 0.4) is 0 Å². The summed E-state index contributed by atoms with van der Waals surface area (Å²) in [6, 6.07) is 11.5. The van der Waals surface area contributed by atoms with Crippen LogP contribution in [0.2, 0.25) is 5.02 Å². The maximum atomic E-state index is 13.5. The molecule has 0 saturated heterocycles. The summed E-state index contributed by atoms with van der Waals surface area (Å²) in [4.78, 5) is 26.7. The summed E-state index contributed by atoms with van der Waals surface area (Å²) in [6.07, 6.45) is 0. The first-order valence-corrected chi connectivity index (χ1v) is 8.69. The molecule has 0 spiro atoms. The molecule has 0 fully saturated rings. The van der Waals surface area contributed by atoms with E-state index in [2.05, 4.69) is 0 Å². The molecule has 1 amide bonds. The summed E-state index contributed by atoms with van der Waals surface area (Å²) >= 11 is 5.87. The SMILES string of the molecule is CC(C)COC(=O)[C@@H](C)N(C(=O)c1ccccc1)c1ccc(F)c(Cl)c1. The number of esters is 1. The molecule has 0 heterocycles. The molecule has 0 aromatic heterocycles. The Bertz CT molecular complexity index is 780. The Labute approximate surface area is 157 Å². The van der Waals surface area contributed by atoms with Crippen molar-refractivity contribution in [2.75, 3.05) is 11.5 Å². The first-order chi connectivity index (χ1) is 12.3. The van der Waals surface area contributed by atoms with Crippen LogP contribution in [0, 0.1) is 11.7 Å². The molecule has 0 aliphatic carbocycles. The van der Waals surface area contributed by atoms with Crippen molar-refractivity contribution in [1.82, 2.24) is 0 Å². The molecule has 6 heteroatoms. The van der Waals surface area contributed by atoms with Crippen molar-refractivity contribution in [3.8, 4) is 0 Å². The third kappa shape index (κ3) is 4.82. The average molecular weight is 378 g/mol. The van der Waals surface area contributed by atoms with Crippen LogP contribution in [0.4, 0.5) is 10.1 Å². The number of amides is 1. The Morgan fingerprint density at radius 3 is 2.35 bits per heavy atom. The highest BCUT2D eigenvalue weighted by Gasteiger charge is 2.30. The van der Waals surface area contributed by atoms with E-state index in [0.29, 0.717) is 11.3 Å². The highest BCUT2D eigenvalue weighted by Crippen LogP contribution is 2.26. The van der Waals surface area contributed by atoms with E-state index in [4.69, 9.17) is 16.3 Å². The zero-order valence-corrected chi connectivity index (χ0v) is 15.7. The van der Waals surface area contributed by atoms with E-state index in [0.717, 1.165) is 6.07 Å². The van der Waals surface area contributed by atoms with Crippen molar-refractivity contribution < 1.29 is 18.7 Å². The van der Waals surface area contributed by atoms with Gasteiger partial charge in [0.25, 0.3) is 5.91 Å². The lowest BCUT2D eigenvalue weighted by molar-refractivity contribution is -0.145. The number of carbonyl (C=O) groups excluding carboxylic acids is 2. The monoisotopic (exact) mass is 377 g/mol. The first kappa shape index (κ1) is 19.9. The largest absolute Gasteiger partial charge is 0.464 e. The summed E-state index contributed by atoms with van der Waals surface area (Å²) in [7, 11) is 0. The molecule has 0 bridgehead atoms. The number of carbonyl (C=O) groups is 2. The number of nitrogens with zero attached hydrogens (tertiary/aromatic N) is 1. The minimum absolute atomic E-state index is 0.129. The maximum Gasteiger partial charge on any atom is 0.328 e. The summed E-state index contributed by atoms with van der Waals surface area (Å²) < 4.78 is 18.8. The van der Waals surface area contributed by atoms with Gasteiger partial charge in [-0.2, -0.15) is 0 Å². The van der Waals surface area contributed by atoms with Gasteiger partial charge in [0.15, 0.2) is 0 Å². The standard InChI is InChI=1S/C20H21ClFNO3/c1-13(2)12-26-20(25)14(3)23(16-9-10-18(22)17(21)11-16)19(24)15-7-5-4-6-8-15/h4-11,13-14H,12H2,1-3H3/t14-/m1/s1. The molecule has 138 valence electrons. The number of hydrogen-bond acceptors (Lipinski definition) is 3. The molecule has 26 heavy (non-hydrogen) atoms. The summed E-state index contributed by atoms with van der Waals surface area (Å²) in [5, 5.41) is -0.129. The fraction of sp³-hybridized carbons (Fsp3) is 0.300. The topological polar surface area (TPSA) is 46.6 Å². The second-order valence-corrected chi connectivity index (χ2v) is 6.75. The predicted octanol–water partition coefficient (Wildman–Crippen LogP) is 4.71. The van der Waals surface area contributed by atoms with Crippen molar-refractivity contribution >= 4 is 29.2 Å². The van der Waals surface area contributed by atoms with Crippen molar-refractivity contribution in [3.63, 3.8) is 0 Å². The molecule has 0 aliphatic heterocycles. The number of hydrogen-bond donors (Lipinski definition) is 0. The number of anilines is 1. The van der Waals surface area contributed by atoms with Crippen LogP contribution < -0.4 is 4.90 Å². The van der Waals surface area contributed by atoms with Crippen LogP contribution in [-0.2, 0) is 9.53 Å². The molecular weight excluding hydrogens is 357 g/mol. The van der Waals surface area contributed by atoms with Gasteiger partial charge in [-0.05, 0) is 43.2 Å². The quantitative estimate of drug-likeness (QED) is 0.685. The smallest absolute Gasteiger partial charge is 0.328 e. The lowest BCUT2D eigenvalue weighted by Gasteiger charge is -2.28. The fourth-order valence-corrected chi connectivity index (χ4v) is 2.52. The van der Waals surface area contributed by atoms with E-state index in [1.165, 1.54) is 17.0 Å². The van der Waals surface area contributed by atoms with Crippen molar-refractivity contribution in [3.05, 3.63) is 64.9 Å². The van der Waals surface area contributed by atoms with Gasteiger partial charge >= 0.3 is 5.97 Å². The molecule has 0 saturated carbocycles.